The van der Waals surface area contributed by atoms with Crippen molar-refractivity contribution in [3.05, 3.63) is 109 Å². The van der Waals surface area contributed by atoms with Crippen molar-refractivity contribution in [2.45, 2.75) is 18.7 Å². The van der Waals surface area contributed by atoms with E-state index in [1.165, 1.54) is 37.5 Å². The molecule has 0 fully saturated rings. The molecule has 1 aliphatic heterocycles. The predicted molar refractivity (Wildman–Crippen MR) is 160 cm³/mol. The molecule has 3 heterocycles. The minimum Gasteiger partial charge on any atom is -0.355 e. The molecule has 3 N–H and O–H groups in total. The lowest BCUT2D eigenvalue weighted by Crippen LogP contribution is -2.42. The summed E-state index contributed by atoms with van der Waals surface area (Å²) >= 11 is 24.5. The average Bonchev–Trinajstić information content (AvgIpc) is 3.60. The van der Waals surface area contributed by atoms with Gasteiger partial charge in [-0.05, 0) is 67.1 Å². The number of aryl methyl sites for hydroxylation is 1. The Bertz CT molecular complexity index is 1830. The van der Waals surface area contributed by atoms with Crippen LogP contribution in [-0.2, 0) is 10.4 Å². The van der Waals surface area contributed by atoms with Gasteiger partial charge >= 0.3 is 6.18 Å². The van der Waals surface area contributed by atoms with Crippen molar-refractivity contribution >= 4 is 69.6 Å². The molecule has 0 saturated heterocycles. The molecule has 0 aliphatic carbocycles. The Kier molecular flexibility index (Phi) is 8.58. The van der Waals surface area contributed by atoms with Gasteiger partial charge in [0.25, 0.3) is 11.8 Å². The quantitative estimate of drug-likeness (QED) is 0.199. The van der Waals surface area contributed by atoms with Crippen molar-refractivity contribution in [3.8, 4) is 5.82 Å². The summed E-state index contributed by atoms with van der Waals surface area (Å²) in [6.45, 7) is 1.63. The third-order valence-corrected chi connectivity index (χ3v) is 7.50. The van der Waals surface area contributed by atoms with Gasteiger partial charge in [-0.1, -0.05) is 46.4 Å². The van der Waals surface area contributed by atoms with E-state index < -0.39 is 29.2 Å². The fraction of sp³-hybridized carbons (Fsp3) is 0.143. The van der Waals surface area contributed by atoms with E-state index in [9.17, 15) is 22.8 Å². The summed E-state index contributed by atoms with van der Waals surface area (Å²) in [6, 6.07) is 10.6. The van der Waals surface area contributed by atoms with Gasteiger partial charge in [0.05, 0.1) is 22.0 Å². The minimum atomic E-state index is -4.98. The largest absolute Gasteiger partial charge is 0.428 e. The molecule has 16 heteroatoms. The van der Waals surface area contributed by atoms with Crippen LogP contribution >= 0.6 is 46.4 Å². The number of pyridine rings is 1. The number of nitrogens with zero attached hydrogens (tertiary/aromatic N) is 3. The molecule has 9 nitrogen and oxygen atoms in total. The lowest BCUT2D eigenvalue weighted by atomic mass is 9.92. The van der Waals surface area contributed by atoms with Crippen molar-refractivity contribution in [1.82, 2.24) is 25.6 Å². The Balaban J connectivity index is 1.64. The summed E-state index contributed by atoms with van der Waals surface area (Å²) in [4.78, 5) is 35.6. The normalized spacial score (nSPS) is 16.3. The summed E-state index contributed by atoms with van der Waals surface area (Å²) in [7, 11) is 1.41. The van der Waals surface area contributed by atoms with Gasteiger partial charge in [-0.15, -0.1) is 0 Å². The van der Waals surface area contributed by atoms with E-state index in [-0.39, 0.29) is 54.2 Å². The topological polar surface area (TPSA) is 110 Å². The average molecular weight is 686 g/mol. The number of benzene rings is 2. The van der Waals surface area contributed by atoms with Gasteiger partial charge in [0.1, 0.15) is 11.4 Å². The molecule has 2 amide bonds. The Morgan fingerprint density at radius 1 is 1.00 bits per heavy atom. The number of carbonyl (C=O) groups is 2. The fourth-order valence-corrected chi connectivity index (χ4v) is 5.51. The second kappa shape index (κ2) is 11.9. The number of alkyl halides is 3. The molecule has 1 unspecified atom stereocenters. The van der Waals surface area contributed by atoms with E-state index in [4.69, 9.17) is 51.2 Å². The van der Waals surface area contributed by atoms with Crippen molar-refractivity contribution in [1.29, 1.82) is 0 Å². The smallest absolute Gasteiger partial charge is 0.355 e. The number of anilines is 1. The second-order valence-corrected chi connectivity index (χ2v) is 11.2. The highest BCUT2D eigenvalue weighted by atomic mass is 35.5. The van der Waals surface area contributed by atoms with E-state index in [0.29, 0.717) is 5.56 Å². The third-order valence-electron chi connectivity index (χ3n) is 6.55. The van der Waals surface area contributed by atoms with Gasteiger partial charge in [0.2, 0.25) is 5.60 Å². The highest BCUT2D eigenvalue weighted by molar-refractivity contribution is 6.34. The Labute approximate surface area is 267 Å². The molecular weight excluding hydrogens is 667 g/mol. The van der Waals surface area contributed by atoms with E-state index in [1.54, 1.807) is 19.1 Å². The number of hydrogen-bond donors (Lipinski definition) is 3. The summed E-state index contributed by atoms with van der Waals surface area (Å²) in [5, 5.41) is 9.79. The number of nitrogens with one attached hydrogen (secondary N) is 3. The molecule has 2 aromatic carbocycles. The van der Waals surface area contributed by atoms with Crippen LogP contribution in [0.1, 0.15) is 37.7 Å². The maximum atomic E-state index is 14.6. The summed E-state index contributed by atoms with van der Waals surface area (Å²) in [5.74, 6) is -1.30. The third kappa shape index (κ3) is 5.83. The Morgan fingerprint density at radius 2 is 1.68 bits per heavy atom. The zero-order valence-corrected chi connectivity index (χ0v) is 25.5. The van der Waals surface area contributed by atoms with Crippen LogP contribution in [-0.4, -0.2) is 39.8 Å². The number of halogens is 7. The molecule has 0 spiro atoms. The minimum absolute atomic E-state index is 0.00754. The molecular formula is C28H19Cl4F3N6O3. The standard InChI is InChI=1S/C28H19Cl4F3N6O3/c1-13-6-15(29)10-18(25(42)36-2)23(13)38-26(43)22-11-20(39-41(22)24-19(32)4-3-5-37-24)21-12-27(44-40-21,28(33,34)35)14-7-16(30)9-17(31)8-14/h3-12,40H,1-2H3,(H,36,42)(H,38,43). The molecule has 0 saturated carbocycles. The molecule has 4 aromatic rings. The molecule has 228 valence electrons. The van der Waals surface area contributed by atoms with Crippen molar-refractivity contribution in [2.75, 3.05) is 12.4 Å². The van der Waals surface area contributed by atoms with Crippen LogP contribution in [0.3, 0.4) is 0 Å². The maximum absolute atomic E-state index is 14.6. The van der Waals surface area contributed by atoms with Gasteiger partial charge < -0.3 is 10.6 Å². The van der Waals surface area contributed by atoms with Crippen LogP contribution in [0.25, 0.3) is 11.5 Å². The monoisotopic (exact) mass is 684 g/mol. The number of aromatic nitrogens is 3. The molecule has 1 atom stereocenters. The molecule has 0 radical (unpaired) electrons. The zero-order chi connectivity index (χ0) is 32.0. The first-order valence-corrected chi connectivity index (χ1v) is 14.0. The van der Waals surface area contributed by atoms with Crippen LogP contribution < -0.4 is 16.1 Å². The van der Waals surface area contributed by atoms with Crippen LogP contribution in [0.5, 0.6) is 0 Å². The lowest BCUT2D eigenvalue weighted by molar-refractivity contribution is -0.269. The SMILES string of the molecule is CNC(=O)c1cc(Cl)cc(C)c1NC(=O)c1cc(C2=CC(c3cc(Cl)cc(Cl)c3)(C(F)(F)F)ON2)nn1-c1ncccc1Cl. The van der Waals surface area contributed by atoms with Crippen molar-refractivity contribution in [2.24, 2.45) is 0 Å². The number of amides is 2. The Morgan fingerprint density at radius 3 is 2.32 bits per heavy atom. The molecule has 0 bridgehead atoms. The predicted octanol–water partition coefficient (Wildman–Crippen LogP) is 7.13. The molecule has 5 rings (SSSR count). The van der Waals surface area contributed by atoms with E-state index in [2.05, 4.69) is 26.2 Å². The highest BCUT2D eigenvalue weighted by Gasteiger charge is 2.60. The van der Waals surface area contributed by atoms with Gasteiger partial charge in [-0.25, -0.2) is 9.67 Å². The number of hydrogen-bond acceptors (Lipinski definition) is 6. The zero-order valence-electron chi connectivity index (χ0n) is 22.5. The highest BCUT2D eigenvalue weighted by Crippen LogP contribution is 2.48. The van der Waals surface area contributed by atoms with Crippen LogP contribution in [0.4, 0.5) is 18.9 Å². The number of rotatable bonds is 6. The van der Waals surface area contributed by atoms with Crippen LogP contribution in [0.2, 0.25) is 20.1 Å². The van der Waals surface area contributed by atoms with Crippen LogP contribution in [0.15, 0.2) is 60.8 Å². The first kappa shape index (κ1) is 31.6. The first-order chi connectivity index (χ1) is 20.7. The summed E-state index contributed by atoms with van der Waals surface area (Å²) in [6.07, 6.45) is -2.83. The fourth-order valence-electron chi connectivity index (χ4n) is 4.51. The second-order valence-electron chi connectivity index (χ2n) is 9.47. The van der Waals surface area contributed by atoms with Crippen molar-refractivity contribution < 1.29 is 27.6 Å². The van der Waals surface area contributed by atoms with Crippen molar-refractivity contribution in [3.63, 3.8) is 0 Å². The Hall–Kier alpha value is -3.81. The number of hydroxylamine groups is 1. The van der Waals surface area contributed by atoms with Gasteiger partial charge in [-0.3, -0.25) is 19.9 Å². The molecule has 44 heavy (non-hydrogen) atoms. The molecule has 1 aliphatic rings. The summed E-state index contributed by atoms with van der Waals surface area (Å²) < 4.78 is 44.8. The summed E-state index contributed by atoms with van der Waals surface area (Å²) in [5.41, 5.74) is -0.969. The van der Waals surface area contributed by atoms with Gasteiger partial charge in [-0.2, -0.15) is 18.3 Å². The lowest BCUT2D eigenvalue weighted by Gasteiger charge is -2.28. The van der Waals surface area contributed by atoms with Gasteiger partial charge in [0, 0.05) is 33.9 Å². The van der Waals surface area contributed by atoms with Gasteiger partial charge in [0.15, 0.2) is 5.82 Å². The van der Waals surface area contributed by atoms with Crippen LogP contribution in [0, 0.1) is 6.92 Å². The van der Waals surface area contributed by atoms with E-state index >= 15 is 0 Å². The maximum Gasteiger partial charge on any atom is 0.428 e. The molecule has 2 aromatic heterocycles. The first-order valence-electron chi connectivity index (χ1n) is 12.5. The number of carbonyl (C=O) groups excluding carboxylic acids is 2. The van der Waals surface area contributed by atoms with E-state index in [0.717, 1.165) is 22.9 Å². The van der Waals surface area contributed by atoms with E-state index in [1.807, 2.05) is 0 Å².